The van der Waals surface area contributed by atoms with Crippen molar-refractivity contribution in [1.29, 1.82) is 0 Å². The maximum Gasteiger partial charge on any atom is 0.0501 e. The number of hydrogen-bond acceptors (Lipinski definition) is 2. The third-order valence-electron chi connectivity index (χ3n) is 3.46. The number of nitrogens with one attached hydrogen (secondary N) is 1. The molecule has 0 aromatic heterocycles. The molecule has 0 aliphatic heterocycles. The van der Waals surface area contributed by atoms with Crippen LogP contribution in [0.4, 0.5) is 0 Å². The van der Waals surface area contributed by atoms with Gasteiger partial charge in [0.15, 0.2) is 0 Å². The minimum absolute atomic E-state index is 0.411. The lowest BCUT2D eigenvalue weighted by Crippen LogP contribution is -2.42. The Hall–Kier alpha value is 0.110. The summed E-state index contributed by atoms with van der Waals surface area (Å²) >= 11 is 0. The fraction of sp³-hybridized carbons (Fsp3) is 1.00. The van der Waals surface area contributed by atoms with Gasteiger partial charge in [-0.2, -0.15) is 0 Å². The molecule has 1 rings (SSSR count). The Morgan fingerprint density at radius 1 is 1.19 bits per heavy atom. The fourth-order valence-electron chi connectivity index (χ4n) is 2.52. The summed E-state index contributed by atoms with van der Waals surface area (Å²) in [6, 6.07) is 0.505. The van der Waals surface area contributed by atoms with E-state index >= 15 is 0 Å². The van der Waals surface area contributed by atoms with Gasteiger partial charge in [0, 0.05) is 22.6 Å². The summed E-state index contributed by atoms with van der Waals surface area (Å²) in [5, 5.41) is 3.95. The highest BCUT2D eigenvalue weighted by Gasteiger charge is 2.27. The van der Waals surface area contributed by atoms with Crippen LogP contribution in [0, 0.1) is 0 Å². The van der Waals surface area contributed by atoms with E-state index < -0.39 is 10.8 Å². The van der Waals surface area contributed by atoms with Gasteiger partial charge in [0.1, 0.15) is 0 Å². The van der Waals surface area contributed by atoms with Gasteiger partial charge < -0.3 is 5.32 Å². The van der Waals surface area contributed by atoms with Crippen molar-refractivity contribution in [3.63, 3.8) is 0 Å². The molecule has 0 heterocycles. The SMILES string of the molecule is CCCCS(=O)C1CCCCCC1NCC. The highest BCUT2D eigenvalue weighted by atomic mass is 32.2. The first-order chi connectivity index (χ1) is 7.79. The molecular formula is C13H27NOS. The van der Waals surface area contributed by atoms with Crippen molar-refractivity contribution in [3.05, 3.63) is 0 Å². The molecule has 0 spiro atoms. The molecule has 3 heteroatoms. The lowest BCUT2D eigenvalue weighted by atomic mass is 10.1. The van der Waals surface area contributed by atoms with Crippen LogP contribution in [0.3, 0.4) is 0 Å². The van der Waals surface area contributed by atoms with Gasteiger partial charge >= 0.3 is 0 Å². The largest absolute Gasteiger partial charge is 0.313 e. The molecule has 0 saturated heterocycles. The molecule has 3 atom stereocenters. The molecule has 0 bridgehead atoms. The zero-order chi connectivity index (χ0) is 11.8. The summed E-state index contributed by atoms with van der Waals surface area (Å²) in [6.07, 6.45) is 8.55. The van der Waals surface area contributed by atoms with E-state index in [0.29, 0.717) is 11.3 Å². The van der Waals surface area contributed by atoms with E-state index in [9.17, 15) is 4.21 Å². The zero-order valence-corrected chi connectivity index (χ0v) is 11.7. The summed E-state index contributed by atoms with van der Waals surface area (Å²) in [5.74, 6) is 0.906. The van der Waals surface area contributed by atoms with Crippen LogP contribution < -0.4 is 5.32 Å². The normalized spacial score (nSPS) is 28.6. The van der Waals surface area contributed by atoms with E-state index in [0.717, 1.165) is 31.6 Å². The van der Waals surface area contributed by atoms with Crippen LogP contribution in [0.5, 0.6) is 0 Å². The summed E-state index contributed by atoms with van der Waals surface area (Å²) in [6.45, 7) is 5.33. The van der Waals surface area contributed by atoms with E-state index in [1.807, 2.05) is 0 Å². The number of rotatable bonds is 6. The topological polar surface area (TPSA) is 29.1 Å². The Morgan fingerprint density at radius 2 is 1.94 bits per heavy atom. The first-order valence-electron chi connectivity index (χ1n) is 6.90. The highest BCUT2D eigenvalue weighted by molar-refractivity contribution is 7.85. The van der Waals surface area contributed by atoms with Gasteiger partial charge in [-0.1, -0.05) is 39.5 Å². The van der Waals surface area contributed by atoms with Crippen molar-refractivity contribution in [1.82, 2.24) is 5.32 Å². The second-order valence-corrected chi connectivity index (χ2v) is 6.55. The van der Waals surface area contributed by atoms with Crippen LogP contribution in [-0.4, -0.2) is 27.8 Å². The predicted molar refractivity (Wildman–Crippen MR) is 72.3 cm³/mol. The fourth-order valence-corrected chi connectivity index (χ4v) is 4.43. The quantitative estimate of drug-likeness (QED) is 0.729. The van der Waals surface area contributed by atoms with Gasteiger partial charge in [-0.25, -0.2) is 0 Å². The van der Waals surface area contributed by atoms with E-state index in [2.05, 4.69) is 19.2 Å². The maximum atomic E-state index is 12.3. The molecule has 0 radical (unpaired) electrons. The Kier molecular flexibility index (Phi) is 7.30. The average molecular weight is 245 g/mol. The summed E-state index contributed by atoms with van der Waals surface area (Å²) in [7, 11) is -0.612. The lowest BCUT2D eigenvalue weighted by Gasteiger charge is -2.25. The van der Waals surface area contributed by atoms with E-state index in [-0.39, 0.29) is 0 Å². The maximum absolute atomic E-state index is 12.3. The summed E-state index contributed by atoms with van der Waals surface area (Å²) in [5.41, 5.74) is 0. The second-order valence-electron chi connectivity index (χ2n) is 4.78. The van der Waals surface area contributed by atoms with Crippen molar-refractivity contribution in [2.45, 2.75) is 70.1 Å². The van der Waals surface area contributed by atoms with E-state index in [4.69, 9.17) is 0 Å². The molecule has 0 aromatic carbocycles. The molecule has 96 valence electrons. The summed E-state index contributed by atoms with van der Waals surface area (Å²) < 4.78 is 12.3. The van der Waals surface area contributed by atoms with Gasteiger partial charge in [-0.3, -0.25) is 4.21 Å². The van der Waals surface area contributed by atoms with Gasteiger partial charge in [-0.05, 0) is 25.8 Å². The minimum atomic E-state index is -0.612. The minimum Gasteiger partial charge on any atom is -0.313 e. The Labute approximate surface area is 103 Å². The van der Waals surface area contributed by atoms with Crippen LogP contribution >= 0.6 is 0 Å². The van der Waals surface area contributed by atoms with E-state index in [1.54, 1.807) is 0 Å². The molecular weight excluding hydrogens is 218 g/mol. The monoisotopic (exact) mass is 245 g/mol. The van der Waals surface area contributed by atoms with Crippen molar-refractivity contribution >= 4 is 10.8 Å². The molecule has 1 aliphatic carbocycles. The van der Waals surface area contributed by atoms with Crippen molar-refractivity contribution in [3.8, 4) is 0 Å². The van der Waals surface area contributed by atoms with E-state index in [1.165, 1.54) is 25.7 Å². The van der Waals surface area contributed by atoms with Crippen molar-refractivity contribution < 1.29 is 4.21 Å². The zero-order valence-electron chi connectivity index (χ0n) is 10.8. The smallest absolute Gasteiger partial charge is 0.0501 e. The third-order valence-corrected chi connectivity index (χ3v) is 5.39. The molecule has 1 N–H and O–H groups in total. The first kappa shape index (κ1) is 14.2. The second kappa shape index (κ2) is 8.24. The molecule has 0 aromatic rings. The van der Waals surface area contributed by atoms with Crippen LogP contribution in [-0.2, 0) is 10.8 Å². The molecule has 3 unspecified atom stereocenters. The molecule has 1 fully saturated rings. The molecule has 16 heavy (non-hydrogen) atoms. The van der Waals surface area contributed by atoms with Crippen molar-refractivity contribution in [2.75, 3.05) is 12.3 Å². The number of unbranched alkanes of at least 4 members (excludes halogenated alkanes) is 1. The molecule has 2 nitrogen and oxygen atoms in total. The molecule has 1 aliphatic rings. The average Bonchev–Trinajstić information content (AvgIpc) is 2.52. The van der Waals surface area contributed by atoms with Crippen LogP contribution in [0.25, 0.3) is 0 Å². The Balaban J connectivity index is 2.52. The predicted octanol–water partition coefficient (Wildman–Crippen LogP) is 2.85. The summed E-state index contributed by atoms with van der Waals surface area (Å²) in [4.78, 5) is 0. The number of hydrogen-bond donors (Lipinski definition) is 1. The highest BCUT2D eigenvalue weighted by Crippen LogP contribution is 2.22. The van der Waals surface area contributed by atoms with Crippen LogP contribution in [0.1, 0.15) is 58.8 Å². The van der Waals surface area contributed by atoms with Crippen molar-refractivity contribution in [2.24, 2.45) is 0 Å². The van der Waals surface area contributed by atoms with Gasteiger partial charge in [0.2, 0.25) is 0 Å². The standard InChI is InChI=1S/C13H27NOS/c1-3-5-11-16(15)13-10-8-6-7-9-12(13)14-4-2/h12-14H,3-11H2,1-2H3. The van der Waals surface area contributed by atoms with Crippen LogP contribution in [0.15, 0.2) is 0 Å². The molecule has 1 saturated carbocycles. The van der Waals surface area contributed by atoms with Gasteiger partial charge in [-0.15, -0.1) is 0 Å². The first-order valence-corrected chi connectivity index (χ1v) is 8.28. The van der Waals surface area contributed by atoms with Gasteiger partial charge in [0.05, 0.1) is 5.25 Å². The lowest BCUT2D eigenvalue weighted by molar-refractivity contribution is 0.474. The Morgan fingerprint density at radius 3 is 2.62 bits per heavy atom. The molecule has 0 amide bonds. The van der Waals surface area contributed by atoms with Crippen LogP contribution in [0.2, 0.25) is 0 Å². The third kappa shape index (κ3) is 4.54. The Bertz CT molecular complexity index is 208. The van der Waals surface area contributed by atoms with Gasteiger partial charge in [0.25, 0.3) is 0 Å².